The third-order valence-corrected chi connectivity index (χ3v) is 3.01. The lowest BCUT2D eigenvalue weighted by atomic mass is 10.1. The number of amides is 1. The Morgan fingerprint density at radius 1 is 1.53 bits per heavy atom. The van der Waals surface area contributed by atoms with Crippen LogP contribution < -0.4 is 15.4 Å². The normalized spacial score (nSPS) is 18.6. The summed E-state index contributed by atoms with van der Waals surface area (Å²) in [6.45, 7) is 0.554. The van der Waals surface area contributed by atoms with Crippen molar-refractivity contribution >= 4 is 17.3 Å². The van der Waals surface area contributed by atoms with Crippen LogP contribution in [0.2, 0.25) is 0 Å². The number of nitrogens with zero attached hydrogens (tertiary/aromatic N) is 1. The van der Waals surface area contributed by atoms with E-state index in [1.165, 1.54) is 13.2 Å². The van der Waals surface area contributed by atoms with Crippen molar-refractivity contribution in [3.63, 3.8) is 0 Å². The second-order valence-electron chi connectivity index (χ2n) is 4.33. The van der Waals surface area contributed by atoms with Gasteiger partial charge in [0.2, 0.25) is 5.91 Å². The van der Waals surface area contributed by atoms with Gasteiger partial charge in [0.15, 0.2) is 5.75 Å². The van der Waals surface area contributed by atoms with Gasteiger partial charge in [-0.3, -0.25) is 14.9 Å². The number of anilines is 1. The van der Waals surface area contributed by atoms with Gasteiger partial charge < -0.3 is 15.4 Å². The molecule has 2 N–H and O–H groups in total. The quantitative estimate of drug-likeness (QED) is 0.632. The summed E-state index contributed by atoms with van der Waals surface area (Å²) in [5.41, 5.74) is 0.675. The molecule has 1 aromatic carbocycles. The molecule has 1 aliphatic heterocycles. The Bertz CT molecular complexity index is 494. The number of carbonyl (C=O) groups is 1. The van der Waals surface area contributed by atoms with Gasteiger partial charge in [-0.25, -0.2) is 0 Å². The molecule has 1 aromatic rings. The Hall–Kier alpha value is -2.31. The van der Waals surface area contributed by atoms with Crippen LogP contribution in [0.1, 0.15) is 12.8 Å². The van der Waals surface area contributed by atoms with Gasteiger partial charge in [-0.1, -0.05) is 0 Å². The second-order valence-corrected chi connectivity index (χ2v) is 4.33. The van der Waals surface area contributed by atoms with E-state index in [9.17, 15) is 14.9 Å². The van der Waals surface area contributed by atoms with Crippen molar-refractivity contribution in [3.05, 3.63) is 28.3 Å². The number of methoxy groups -OCH3 is 1. The lowest BCUT2D eigenvalue weighted by Gasteiger charge is -2.24. The van der Waals surface area contributed by atoms with Gasteiger partial charge in [0, 0.05) is 36.8 Å². The SMILES string of the molecule is COc1cc(NC2CCC(=O)NC2)ccc1[N+](=O)[O-]. The highest BCUT2D eigenvalue weighted by molar-refractivity contribution is 5.77. The maximum absolute atomic E-state index is 11.0. The third kappa shape index (κ3) is 3.12. The van der Waals surface area contributed by atoms with Gasteiger partial charge in [0.25, 0.3) is 0 Å². The second kappa shape index (κ2) is 5.55. The molecular weight excluding hydrogens is 250 g/mol. The predicted molar refractivity (Wildman–Crippen MR) is 69.3 cm³/mol. The number of nitro groups is 1. The van der Waals surface area contributed by atoms with Crippen molar-refractivity contribution < 1.29 is 14.5 Å². The van der Waals surface area contributed by atoms with Crippen molar-refractivity contribution in [1.29, 1.82) is 0 Å². The van der Waals surface area contributed by atoms with Crippen molar-refractivity contribution in [2.24, 2.45) is 0 Å². The fourth-order valence-electron chi connectivity index (χ4n) is 2.01. The van der Waals surface area contributed by atoms with Crippen molar-refractivity contribution in [2.45, 2.75) is 18.9 Å². The molecule has 2 rings (SSSR count). The highest BCUT2D eigenvalue weighted by Gasteiger charge is 2.19. The smallest absolute Gasteiger partial charge is 0.311 e. The van der Waals surface area contributed by atoms with Crippen LogP contribution in [0.5, 0.6) is 5.75 Å². The van der Waals surface area contributed by atoms with E-state index in [-0.39, 0.29) is 23.4 Å². The van der Waals surface area contributed by atoms with Crippen LogP contribution in [-0.2, 0) is 4.79 Å². The monoisotopic (exact) mass is 265 g/mol. The standard InChI is InChI=1S/C12H15N3O4/c1-19-11-6-8(2-4-10(11)15(17)18)14-9-3-5-12(16)13-7-9/h2,4,6,9,14H,3,5,7H2,1H3,(H,13,16). The van der Waals surface area contributed by atoms with Gasteiger partial charge in [-0.2, -0.15) is 0 Å². The summed E-state index contributed by atoms with van der Waals surface area (Å²) in [4.78, 5) is 21.3. The molecule has 1 atom stereocenters. The molecule has 0 aliphatic carbocycles. The Labute approximate surface area is 110 Å². The number of nitro benzene ring substituents is 1. The van der Waals surface area contributed by atoms with Gasteiger partial charge in [-0.05, 0) is 12.5 Å². The summed E-state index contributed by atoms with van der Waals surface area (Å²) in [6.07, 6.45) is 1.23. The third-order valence-electron chi connectivity index (χ3n) is 3.01. The van der Waals surface area contributed by atoms with Crippen LogP contribution in [-0.4, -0.2) is 30.5 Å². The Morgan fingerprint density at radius 2 is 2.32 bits per heavy atom. The first-order valence-corrected chi connectivity index (χ1v) is 5.96. The van der Waals surface area contributed by atoms with E-state index < -0.39 is 4.92 Å². The van der Waals surface area contributed by atoms with E-state index in [0.717, 1.165) is 12.1 Å². The number of rotatable bonds is 4. The first-order valence-electron chi connectivity index (χ1n) is 5.96. The number of piperidine rings is 1. The number of benzene rings is 1. The molecule has 0 aromatic heterocycles. The van der Waals surface area contributed by atoms with Crippen molar-refractivity contribution in [3.8, 4) is 5.75 Å². The molecule has 7 nitrogen and oxygen atoms in total. The maximum Gasteiger partial charge on any atom is 0.311 e. The average Bonchev–Trinajstić information content (AvgIpc) is 2.41. The summed E-state index contributed by atoms with van der Waals surface area (Å²) >= 11 is 0. The van der Waals surface area contributed by atoms with E-state index in [1.807, 2.05) is 0 Å². The van der Waals surface area contributed by atoms with Crippen molar-refractivity contribution in [1.82, 2.24) is 5.32 Å². The Balaban J connectivity index is 2.09. The summed E-state index contributed by atoms with van der Waals surface area (Å²) in [7, 11) is 1.40. The van der Waals surface area contributed by atoms with Crippen LogP contribution in [0.4, 0.5) is 11.4 Å². The molecule has 102 valence electrons. The number of carbonyl (C=O) groups excluding carboxylic acids is 1. The summed E-state index contributed by atoms with van der Waals surface area (Å²) in [6, 6.07) is 4.76. The first-order chi connectivity index (χ1) is 9.10. The van der Waals surface area contributed by atoms with E-state index >= 15 is 0 Å². The highest BCUT2D eigenvalue weighted by Crippen LogP contribution is 2.30. The molecule has 19 heavy (non-hydrogen) atoms. The maximum atomic E-state index is 11.0. The Kier molecular flexibility index (Phi) is 3.84. The molecule has 0 saturated carbocycles. The van der Waals surface area contributed by atoms with Gasteiger partial charge in [-0.15, -0.1) is 0 Å². The largest absolute Gasteiger partial charge is 0.490 e. The minimum Gasteiger partial charge on any atom is -0.490 e. The lowest BCUT2D eigenvalue weighted by molar-refractivity contribution is -0.385. The predicted octanol–water partition coefficient (Wildman–Crippen LogP) is 1.29. The number of hydrogen-bond donors (Lipinski definition) is 2. The minimum absolute atomic E-state index is 0.0549. The molecular formula is C12H15N3O4. The lowest BCUT2D eigenvalue weighted by Crippen LogP contribution is -2.41. The molecule has 0 bridgehead atoms. The molecule has 1 aliphatic rings. The zero-order valence-electron chi connectivity index (χ0n) is 10.5. The number of nitrogens with one attached hydrogen (secondary N) is 2. The molecule has 7 heteroatoms. The van der Waals surface area contributed by atoms with E-state index in [0.29, 0.717) is 13.0 Å². The van der Waals surface area contributed by atoms with E-state index in [1.54, 1.807) is 12.1 Å². The molecule has 1 amide bonds. The summed E-state index contributed by atoms with van der Waals surface area (Å²) < 4.78 is 5.00. The minimum atomic E-state index is -0.483. The zero-order valence-corrected chi connectivity index (χ0v) is 10.5. The van der Waals surface area contributed by atoms with Crippen LogP contribution in [0.15, 0.2) is 18.2 Å². The highest BCUT2D eigenvalue weighted by atomic mass is 16.6. The number of ether oxygens (including phenoxy) is 1. The van der Waals surface area contributed by atoms with Crippen LogP contribution in [0.3, 0.4) is 0 Å². The van der Waals surface area contributed by atoms with Gasteiger partial charge in [0.1, 0.15) is 0 Å². The van der Waals surface area contributed by atoms with Gasteiger partial charge in [0.05, 0.1) is 12.0 Å². The fraction of sp³-hybridized carbons (Fsp3) is 0.417. The summed E-state index contributed by atoms with van der Waals surface area (Å²) in [5, 5.41) is 16.8. The molecule has 1 unspecified atom stereocenters. The summed E-state index contributed by atoms with van der Waals surface area (Å²) in [5.74, 6) is 0.272. The van der Waals surface area contributed by atoms with E-state index in [2.05, 4.69) is 10.6 Å². The molecule has 0 radical (unpaired) electrons. The fourth-order valence-corrected chi connectivity index (χ4v) is 2.01. The topological polar surface area (TPSA) is 93.5 Å². The first kappa shape index (κ1) is 13.1. The molecule has 1 fully saturated rings. The van der Waals surface area contributed by atoms with Crippen molar-refractivity contribution in [2.75, 3.05) is 19.0 Å². The number of hydrogen-bond acceptors (Lipinski definition) is 5. The Morgan fingerprint density at radius 3 is 2.89 bits per heavy atom. The van der Waals surface area contributed by atoms with Crippen LogP contribution in [0.25, 0.3) is 0 Å². The molecule has 1 heterocycles. The zero-order chi connectivity index (χ0) is 13.8. The van der Waals surface area contributed by atoms with Gasteiger partial charge >= 0.3 is 5.69 Å². The molecule has 0 spiro atoms. The van der Waals surface area contributed by atoms with Crippen LogP contribution >= 0.6 is 0 Å². The van der Waals surface area contributed by atoms with Crippen LogP contribution in [0, 0.1) is 10.1 Å². The molecule has 1 saturated heterocycles. The average molecular weight is 265 g/mol. The van der Waals surface area contributed by atoms with E-state index in [4.69, 9.17) is 4.74 Å².